The molecule has 0 N–H and O–H groups in total. The largest absolute Gasteiger partial charge is 0.454 e. The van der Waals surface area contributed by atoms with Gasteiger partial charge in [-0.05, 0) is 73.0 Å². The van der Waals surface area contributed by atoms with Gasteiger partial charge in [-0.3, -0.25) is 9.80 Å². The summed E-state index contributed by atoms with van der Waals surface area (Å²) in [6.45, 7) is 9.08. The van der Waals surface area contributed by atoms with Crippen molar-refractivity contribution in [2.24, 2.45) is 0 Å². The first-order valence-corrected chi connectivity index (χ1v) is 10.4. The fraction of sp³-hybridized carbons (Fsp3) is 0.360. The van der Waals surface area contributed by atoms with E-state index in [9.17, 15) is 0 Å². The summed E-state index contributed by atoms with van der Waals surface area (Å²) < 4.78 is 11.1. The third kappa shape index (κ3) is 3.07. The molecule has 0 saturated carbocycles. The lowest BCUT2D eigenvalue weighted by Gasteiger charge is -2.37. The minimum atomic E-state index is 0.312. The zero-order valence-corrected chi connectivity index (χ0v) is 17.6. The first-order valence-electron chi connectivity index (χ1n) is 10.4. The second-order valence-corrected chi connectivity index (χ2v) is 8.37. The molecule has 0 bridgehead atoms. The summed E-state index contributed by atoms with van der Waals surface area (Å²) in [4.78, 5) is 5.01. The van der Waals surface area contributed by atoms with E-state index in [-0.39, 0.29) is 0 Å². The zero-order valence-electron chi connectivity index (χ0n) is 17.6. The van der Waals surface area contributed by atoms with Crippen LogP contribution in [0.3, 0.4) is 0 Å². The Bertz CT molecular complexity index is 1040. The molecule has 0 spiro atoms. The fourth-order valence-corrected chi connectivity index (χ4v) is 4.82. The molecule has 150 valence electrons. The third-order valence-corrected chi connectivity index (χ3v) is 6.78. The number of hydrogen-bond acceptors (Lipinski definition) is 4. The Labute approximate surface area is 172 Å². The molecule has 29 heavy (non-hydrogen) atoms. The maximum atomic E-state index is 5.57. The zero-order chi connectivity index (χ0) is 20.1. The molecule has 4 nitrogen and oxygen atoms in total. The molecule has 2 aliphatic rings. The molecular weight excluding hydrogens is 360 g/mol. The van der Waals surface area contributed by atoms with Gasteiger partial charge in [0.25, 0.3) is 0 Å². The van der Waals surface area contributed by atoms with Crippen molar-refractivity contribution in [3.8, 4) is 11.5 Å². The number of aryl methyl sites for hydroxylation is 1. The number of benzene rings is 3. The summed E-state index contributed by atoms with van der Waals surface area (Å²) in [6.07, 6.45) is 0.312. The van der Waals surface area contributed by atoms with Gasteiger partial charge >= 0.3 is 0 Å². The van der Waals surface area contributed by atoms with E-state index >= 15 is 0 Å². The van der Waals surface area contributed by atoms with Crippen LogP contribution in [0.4, 0.5) is 0 Å². The summed E-state index contributed by atoms with van der Waals surface area (Å²) in [5, 5.41) is 2.67. The Morgan fingerprint density at radius 1 is 0.931 bits per heavy atom. The monoisotopic (exact) mass is 388 g/mol. The Morgan fingerprint density at radius 2 is 1.59 bits per heavy atom. The molecule has 2 heterocycles. The maximum Gasteiger partial charge on any atom is 0.231 e. The number of hydrogen-bond donors (Lipinski definition) is 0. The molecule has 2 atom stereocenters. The third-order valence-electron chi connectivity index (χ3n) is 6.78. The molecule has 0 radical (unpaired) electrons. The quantitative estimate of drug-likeness (QED) is 0.611. The van der Waals surface area contributed by atoms with E-state index in [2.05, 4.69) is 86.1 Å². The Hall–Kier alpha value is -2.56. The van der Waals surface area contributed by atoms with Crippen molar-refractivity contribution in [1.29, 1.82) is 0 Å². The van der Waals surface area contributed by atoms with Crippen molar-refractivity contribution in [3.05, 3.63) is 70.8 Å². The van der Waals surface area contributed by atoms with E-state index in [0.29, 0.717) is 19.0 Å². The average Bonchev–Trinajstić information content (AvgIpc) is 3.36. The van der Waals surface area contributed by atoms with Crippen LogP contribution in [-0.4, -0.2) is 29.8 Å². The van der Waals surface area contributed by atoms with Crippen molar-refractivity contribution < 1.29 is 9.47 Å². The van der Waals surface area contributed by atoms with Crippen LogP contribution in [0.1, 0.15) is 42.1 Å². The number of fused-ring (bicyclic) bond motifs is 3. The topological polar surface area (TPSA) is 24.9 Å². The van der Waals surface area contributed by atoms with E-state index in [1.165, 1.54) is 33.0 Å². The number of rotatable bonds is 4. The lowest BCUT2D eigenvalue weighted by Crippen LogP contribution is -2.43. The standard InChI is InChI=1S/C25H28N2O2/c1-16-9-10-19-7-5-6-8-22(19)25(16)17(2)26(4)18(3)27-13-20-11-23-24(29-15-28-23)12-21(20)14-27/h5-12,17-18H,13-15H2,1-4H3. The Kier molecular flexibility index (Phi) is 4.49. The Balaban J connectivity index is 1.40. The van der Waals surface area contributed by atoms with Gasteiger partial charge in [0.1, 0.15) is 0 Å². The van der Waals surface area contributed by atoms with E-state index in [0.717, 1.165) is 24.6 Å². The smallest absolute Gasteiger partial charge is 0.231 e. The SMILES string of the molecule is Cc1ccc2ccccc2c1C(C)N(C)C(C)N1Cc2cc3c(cc2C1)OCO3. The van der Waals surface area contributed by atoms with Gasteiger partial charge in [0.05, 0.1) is 6.17 Å². The van der Waals surface area contributed by atoms with E-state index in [1.54, 1.807) is 0 Å². The van der Waals surface area contributed by atoms with Crippen LogP contribution in [-0.2, 0) is 13.1 Å². The van der Waals surface area contributed by atoms with Crippen molar-refractivity contribution in [2.75, 3.05) is 13.8 Å². The lowest BCUT2D eigenvalue weighted by molar-refractivity contribution is 0.0458. The molecule has 5 rings (SSSR count). The summed E-state index contributed by atoms with van der Waals surface area (Å²) in [5.74, 6) is 1.76. The van der Waals surface area contributed by atoms with Crippen molar-refractivity contribution >= 4 is 10.8 Å². The molecule has 0 saturated heterocycles. The number of nitrogens with zero attached hydrogens (tertiary/aromatic N) is 2. The van der Waals surface area contributed by atoms with Gasteiger partial charge in [-0.1, -0.05) is 36.4 Å². The molecule has 3 aromatic rings. The molecule has 2 aliphatic heterocycles. The Morgan fingerprint density at radius 3 is 2.28 bits per heavy atom. The second-order valence-electron chi connectivity index (χ2n) is 8.37. The van der Waals surface area contributed by atoms with Crippen LogP contribution in [0.25, 0.3) is 10.8 Å². The van der Waals surface area contributed by atoms with Gasteiger partial charge in [0.15, 0.2) is 11.5 Å². The van der Waals surface area contributed by atoms with Crippen LogP contribution in [0, 0.1) is 6.92 Å². The van der Waals surface area contributed by atoms with E-state index < -0.39 is 0 Å². The molecular formula is C25H28N2O2. The summed E-state index contributed by atoms with van der Waals surface area (Å²) in [7, 11) is 2.24. The van der Waals surface area contributed by atoms with Crippen LogP contribution in [0.2, 0.25) is 0 Å². The highest BCUT2D eigenvalue weighted by Crippen LogP contribution is 2.39. The summed E-state index contributed by atoms with van der Waals surface area (Å²) >= 11 is 0. The van der Waals surface area contributed by atoms with Crippen LogP contribution >= 0.6 is 0 Å². The predicted octanol–water partition coefficient (Wildman–Crippen LogP) is 5.23. The van der Waals surface area contributed by atoms with Gasteiger partial charge in [-0.25, -0.2) is 0 Å². The van der Waals surface area contributed by atoms with Crippen molar-refractivity contribution in [3.63, 3.8) is 0 Å². The maximum absolute atomic E-state index is 5.57. The fourth-order valence-electron chi connectivity index (χ4n) is 4.82. The molecule has 2 unspecified atom stereocenters. The van der Waals surface area contributed by atoms with Crippen LogP contribution in [0.15, 0.2) is 48.5 Å². The van der Waals surface area contributed by atoms with E-state index in [1.807, 2.05) is 0 Å². The summed E-state index contributed by atoms with van der Waals surface area (Å²) in [5.41, 5.74) is 5.48. The number of ether oxygens (including phenoxy) is 2. The summed E-state index contributed by atoms with van der Waals surface area (Å²) in [6, 6.07) is 17.8. The van der Waals surface area contributed by atoms with Gasteiger partial charge < -0.3 is 9.47 Å². The van der Waals surface area contributed by atoms with Crippen molar-refractivity contribution in [1.82, 2.24) is 9.80 Å². The molecule has 0 aromatic heterocycles. The minimum Gasteiger partial charge on any atom is -0.454 e. The molecule has 0 fully saturated rings. The molecule has 0 amide bonds. The molecule has 3 aromatic carbocycles. The van der Waals surface area contributed by atoms with Crippen LogP contribution < -0.4 is 9.47 Å². The van der Waals surface area contributed by atoms with Gasteiger partial charge in [0.2, 0.25) is 6.79 Å². The highest BCUT2D eigenvalue weighted by atomic mass is 16.7. The van der Waals surface area contributed by atoms with Gasteiger partial charge in [0, 0.05) is 19.1 Å². The normalized spacial score (nSPS) is 17.7. The lowest BCUT2D eigenvalue weighted by atomic mass is 9.94. The predicted molar refractivity (Wildman–Crippen MR) is 116 cm³/mol. The second kappa shape index (κ2) is 7.05. The average molecular weight is 389 g/mol. The molecule has 0 aliphatic carbocycles. The molecule has 4 heteroatoms. The van der Waals surface area contributed by atoms with Crippen LogP contribution in [0.5, 0.6) is 11.5 Å². The highest BCUT2D eigenvalue weighted by Gasteiger charge is 2.30. The van der Waals surface area contributed by atoms with Gasteiger partial charge in [-0.2, -0.15) is 0 Å². The first-order chi connectivity index (χ1) is 14.0. The highest BCUT2D eigenvalue weighted by molar-refractivity contribution is 5.87. The van der Waals surface area contributed by atoms with Gasteiger partial charge in [-0.15, -0.1) is 0 Å². The first kappa shape index (κ1) is 18.5. The minimum absolute atomic E-state index is 0.312. The van der Waals surface area contributed by atoms with E-state index in [4.69, 9.17) is 9.47 Å². The van der Waals surface area contributed by atoms with Crippen molar-refractivity contribution in [2.45, 2.75) is 46.1 Å².